The molecule has 0 unspecified atom stereocenters. The number of pyridine rings is 1. The minimum absolute atomic E-state index is 0.249. The van der Waals surface area contributed by atoms with E-state index in [1.807, 2.05) is 12.1 Å². The molecule has 0 aromatic carbocycles. The van der Waals surface area contributed by atoms with E-state index in [0.717, 1.165) is 24.2 Å². The van der Waals surface area contributed by atoms with Crippen LogP contribution in [-0.2, 0) is 0 Å². The molecule has 5 heteroatoms. The van der Waals surface area contributed by atoms with Crippen LogP contribution >= 0.6 is 0 Å². The molecule has 3 rings (SSSR count). The SMILES string of the molecule is O=C(Nc1cccnc1C1=CCCCC1)c1ncc[nH]1. The Hall–Kier alpha value is -2.43. The van der Waals surface area contributed by atoms with Crippen LogP contribution in [0.5, 0.6) is 0 Å². The Labute approximate surface area is 117 Å². The van der Waals surface area contributed by atoms with Crippen LogP contribution in [0, 0.1) is 0 Å². The van der Waals surface area contributed by atoms with Gasteiger partial charge in [-0.3, -0.25) is 9.78 Å². The minimum Gasteiger partial charge on any atom is -0.341 e. The van der Waals surface area contributed by atoms with E-state index in [0.29, 0.717) is 5.82 Å². The summed E-state index contributed by atoms with van der Waals surface area (Å²) in [6.07, 6.45) is 11.7. The summed E-state index contributed by atoms with van der Waals surface area (Å²) in [4.78, 5) is 23.2. The fourth-order valence-corrected chi connectivity index (χ4v) is 2.39. The molecule has 1 amide bonds. The van der Waals surface area contributed by atoms with Crippen LogP contribution in [0.2, 0.25) is 0 Å². The fourth-order valence-electron chi connectivity index (χ4n) is 2.39. The minimum atomic E-state index is -0.249. The molecule has 0 atom stereocenters. The van der Waals surface area contributed by atoms with Crippen molar-refractivity contribution in [3.05, 3.63) is 48.3 Å². The number of imidazole rings is 1. The second-order valence-corrected chi connectivity index (χ2v) is 4.77. The van der Waals surface area contributed by atoms with Gasteiger partial charge in [0.1, 0.15) is 0 Å². The molecule has 0 saturated heterocycles. The van der Waals surface area contributed by atoms with Crippen molar-refractivity contribution in [1.29, 1.82) is 0 Å². The van der Waals surface area contributed by atoms with Crippen LogP contribution in [0.1, 0.15) is 42.0 Å². The van der Waals surface area contributed by atoms with Gasteiger partial charge in [-0.15, -0.1) is 0 Å². The van der Waals surface area contributed by atoms with E-state index in [-0.39, 0.29) is 5.91 Å². The highest BCUT2D eigenvalue weighted by Gasteiger charge is 2.15. The number of hydrogen-bond donors (Lipinski definition) is 2. The first-order valence-corrected chi connectivity index (χ1v) is 6.80. The van der Waals surface area contributed by atoms with Gasteiger partial charge in [-0.25, -0.2) is 4.98 Å². The summed E-state index contributed by atoms with van der Waals surface area (Å²) < 4.78 is 0. The van der Waals surface area contributed by atoms with E-state index in [1.54, 1.807) is 18.6 Å². The first-order chi connectivity index (χ1) is 9.84. The quantitative estimate of drug-likeness (QED) is 0.898. The molecular formula is C15H16N4O. The monoisotopic (exact) mass is 268 g/mol. The third kappa shape index (κ3) is 2.61. The third-order valence-electron chi connectivity index (χ3n) is 3.36. The normalized spacial score (nSPS) is 14.7. The van der Waals surface area contributed by atoms with E-state index in [9.17, 15) is 4.79 Å². The van der Waals surface area contributed by atoms with Crippen molar-refractivity contribution in [2.45, 2.75) is 25.7 Å². The number of aromatic nitrogens is 3. The van der Waals surface area contributed by atoms with Gasteiger partial charge in [0.15, 0.2) is 5.82 Å². The van der Waals surface area contributed by atoms with Crippen molar-refractivity contribution in [1.82, 2.24) is 15.0 Å². The molecule has 0 spiro atoms. The molecular weight excluding hydrogens is 252 g/mol. The molecule has 2 heterocycles. The average Bonchev–Trinajstić information content (AvgIpc) is 3.03. The van der Waals surface area contributed by atoms with Gasteiger partial charge in [-0.1, -0.05) is 6.08 Å². The number of carbonyl (C=O) groups is 1. The number of carbonyl (C=O) groups excluding carboxylic acids is 1. The van der Waals surface area contributed by atoms with Crippen LogP contribution in [0.25, 0.3) is 5.57 Å². The number of nitrogens with zero attached hydrogens (tertiary/aromatic N) is 2. The molecule has 2 N–H and O–H groups in total. The summed E-state index contributed by atoms with van der Waals surface area (Å²) in [7, 11) is 0. The average molecular weight is 268 g/mol. The Balaban J connectivity index is 1.86. The van der Waals surface area contributed by atoms with Gasteiger partial charge in [0.05, 0.1) is 11.4 Å². The molecule has 102 valence electrons. The van der Waals surface area contributed by atoms with E-state index in [4.69, 9.17) is 0 Å². The van der Waals surface area contributed by atoms with Gasteiger partial charge in [0.25, 0.3) is 5.91 Å². The van der Waals surface area contributed by atoms with Crippen molar-refractivity contribution in [3.8, 4) is 0 Å². The predicted molar refractivity (Wildman–Crippen MR) is 77.2 cm³/mol. The van der Waals surface area contributed by atoms with Crippen LogP contribution in [-0.4, -0.2) is 20.9 Å². The number of anilines is 1. The molecule has 0 saturated carbocycles. The number of rotatable bonds is 3. The lowest BCUT2D eigenvalue weighted by Gasteiger charge is -2.15. The van der Waals surface area contributed by atoms with Gasteiger partial charge in [-0.05, 0) is 43.4 Å². The second-order valence-electron chi connectivity index (χ2n) is 4.77. The number of nitrogens with one attached hydrogen (secondary N) is 2. The molecule has 1 aliphatic rings. The lowest BCUT2D eigenvalue weighted by molar-refractivity contribution is 0.101. The van der Waals surface area contributed by atoms with Gasteiger partial charge in [-0.2, -0.15) is 0 Å². The van der Waals surface area contributed by atoms with Gasteiger partial charge >= 0.3 is 0 Å². The maximum atomic E-state index is 12.1. The summed E-state index contributed by atoms with van der Waals surface area (Å²) in [5.74, 6) is 0.0538. The summed E-state index contributed by atoms with van der Waals surface area (Å²) in [6.45, 7) is 0. The van der Waals surface area contributed by atoms with Crippen molar-refractivity contribution < 1.29 is 4.79 Å². The van der Waals surface area contributed by atoms with E-state index >= 15 is 0 Å². The van der Waals surface area contributed by atoms with Crippen molar-refractivity contribution in [3.63, 3.8) is 0 Å². The maximum Gasteiger partial charge on any atom is 0.291 e. The van der Waals surface area contributed by atoms with Gasteiger partial charge in [0.2, 0.25) is 0 Å². The molecule has 5 nitrogen and oxygen atoms in total. The summed E-state index contributed by atoms with van der Waals surface area (Å²) in [5, 5.41) is 2.87. The Kier molecular flexibility index (Phi) is 3.58. The maximum absolute atomic E-state index is 12.1. The van der Waals surface area contributed by atoms with Crippen LogP contribution in [0.3, 0.4) is 0 Å². The lowest BCUT2D eigenvalue weighted by Crippen LogP contribution is -2.15. The predicted octanol–water partition coefficient (Wildman–Crippen LogP) is 3.01. The second kappa shape index (κ2) is 5.69. The number of amides is 1. The highest BCUT2D eigenvalue weighted by Crippen LogP contribution is 2.29. The van der Waals surface area contributed by atoms with Gasteiger partial charge in [0, 0.05) is 18.6 Å². The molecule has 0 radical (unpaired) electrons. The zero-order valence-electron chi connectivity index (χ0n) is 11.1. The Bertz CT molecular complexity index is 631. The van der Waals surface area contributed by atoms with E-state index in [1.165, 1.54) is 18.4 Å². The highest BCUT2D eigenvalue weighted by atomic mass is 16.2. The molecule has 2 aromatic heterocycles. The molecule has 0 aliphatic heterocycles. The molecule has 20 heavy (non-hydrogen) atoms. The number of hydrogen-bond acceptors (Lipinski definition) is 3. The largest absolute Gasteiger partial charge is 0.341 e. The van der Waals surface area contributed by atoms with Crippen LogP contribution < -0.4 is 5.32 Å². The summed E-state index contributed by atoms with van der Waals surface area (Å²) >= 11 is 0. The van der Waals surface area contributed by atoms with E-state index in [2.05, 4.69) is 26.3 Å². The summed E-state index contributed by atoms with van der Waals surface area (Å²) in [6, 6.07) is 3.70. The van der Waals surface area contributed by atoms with Gasteiger partial charge < -0.3 is 10.3 Å². The molecule has 2 aromatic rings. The van der Waals surface area contributed by atoms with Crippen LogP contribution in [0.15, 0.2) is 36.8 Å². The smallest absolute Gasteiger partial charge is 0.291 e. The molecule has 0 bridgehead atoms. The molecule has 1 aliphatic carbocycles. The third-order valence-corrected chi connectivity index (χ3v) is 3.36. The fraction of sp³-hybridized carbons (Fsp3) is 0.267. The first-order valence-electron chi connectivity index (χ1n) is 6.80. The highest BCUT2D eigenvalue weighted by molar-refractivity contribution is 6.02. The first kappa shape index (κ1) is 12.6. The van der Waals surface area contributed by atoms with Crippen LogP contribution in [0.4, 0.5) is 5.69 Å². The van der Waals surface area contributed by atoms with Crippen molar-refractivity contribution >= 4 is 17.2 Å². The number of allylic oxidation sites excluding steroid dienone is 2. The Morgan fingerprint density at radius 2 is 2.20 bits per heavy atom. The zero-order chi connectivity index (χ0) is 13.8. The lowest BCUT2D eigenvalue weighted by atomic mass is 9.96. The van der Waals surface area contributed by atoms with Crippen molar-refractivity contribution in [2.75, 3.05) is 5.32 Å². The number of aromatic amines is 1. The Morgan fingerprint density at radius 3 is 2.95 bits per heavy atom. The topological polar surface area (TPSA) is 70.7 Å². The Morgan fingerprint density at radius 1 is 1.25 bits per heavy atom. The summed E-state index contributed by atoms with van der Waals surface area (Å²) in [5.41, 5.74) is 2.82. The molecule has 0 fully saturated rings. The number of H-pyrrole nitrogens is 1. The van der Waals surface area contributed by atoms with Crippen molar-refractivity contribution in [2.24, 2.45) is 0 Å². The van der Waals surface area contributed by atoms with E-state index < -0.39 is 0 Å². The zero-order valence-corrected chi connectivity index (χ0v) is 11.1. The standard InChI is InChI=1S/C15H16N4O/c20-15(14-17-9-10-18-14)19-12-7-4-8-16-13(12)11-5-2-1-3-6-11/h4-5,7-10H,1-3,6H2,(H,17,18)(H,19,20).